The summed E-state index contributed by atoms with van der Waals surface area (Å²) in [4.78, 5) is 16.9. The van der Waals surface area contributed by atoms with Gasteiger partial charge in [0.25, 0.3) is 5.91 Å². The Morgan fingerprint density at radius 1 is 1.60 bits per heavy atom. The number of carbonyl (C=O) groups is 1. The maximum atomic E-state index is 12.2. The fourth-order valence-corrected chi connectivity index (χ4v) is 2.86. The molecule has 0 radical (unpaired) electrons. The van der Waals surface area contributed by atoms with Crippen molar-refractivity contribution in [3.05, 3.63) is 4.88 Å². The summed E-state index contributed by atoms with van der Waals surface area (Å²) in [6, 6.07) is 0.477. The first-order chi connectivity index (χ1) is 9.63. The van der Waals surface area contributed by atoms with Crippen LogP contribution in [0.4, 0.5) is 10.9 Å². The highest BCUT2D eigenvalue weighted by Crippen LogP contribution is 2.29. The van der Waals surface area contributed by atoms with Gasteiger partial charge >= 0.3 is 0 Å². The van der Waals surface area contributed by atoms with E-state index in [-0.39, 0.29) is 11.9 Å². The average Bonchev–Trinajstić information content (AvgIpc) is 2.74. The highest BCUT2D eigenvalue weighted by atomic mass is 32.1. The molecule has 1 aliphatic carbocycles. The Bertz CT molecular complexity index is 459. The molecule has 1 aromatic heterocycles. The third-order valence-electron chi connectivity index (χ3n) is 3.49. The van der Waals surface area contributed by atoms with Crippen LogP contribution in [-0.4, -0.2) is 36.7 Å². The molecule has 0 spiro atoms. The summed E-state index contributed by atoms with van der Waals surface area (Å²) in [6.07, 6.45) is 4.38. The standard InChI is InChI=1S/C13H22N4O2S/c1-3-8(7-19-2)15-12(18)10-11(14)17-13(20-10)16-9-5-4-6-9/h8-9H,3-7,14H2,1-2H3,(H,15,18)(H,16,17). The van der Waals surface area contributed by atoms with Gasteiger partial charge < -0.3 is 21.1 Å². The molecule has 4 N–H and O–H groups in total. The van der Waals surface area contributed by atoms with Crippen LogP contribution in [0, 0.1) is 0 Å². The van der Waals surface area contributed by atoms with Gasteiger partial charge in [-0.3, -0.25) is 4.79 Å². The van der Waals surface area contributed by atoms with Crippen molar-refractivity contribution in [2.45, 2.75) is 44.7 Å². The zero-order valence-corrected chi connectivity index (χ0v) is 12.8. The third-order valence-corrected chi connectivity index (χ3v) is 4.49. The monoisotopic (exact) mass is 298 g/mol. The number of nitrogens with two attached hydrogens (primary N) is 1. The number of carbonyl (C=O) groups excluding carboxylic acids is 1. The Hall–Kier alpha value is -1.34. The van der Waals surface area contributed by atoms with Crippen LogP contribution in [0.5, 0.6) is 0 Å². The molecule has 0 aromatic carbocycles. The van der Waals surface area contributed by atoms with Gasteiger partial charge in [0, 0.05) is 13.2 Å². The summed E-state index contributed by atoms with van der Waals surface area (Å²) in [6.45, 7) is 2.50. The van der Waals surface area contributed by atoms with Crippen LogP contribution in [0.2, 0.25) is 0 Å². The number of hydrogen-bond donors (Lipinski definition) is 3. The van der Waals surface area contributed by atoms with E-state index in [0.29, 0.717) is 23.3 Å². The van der Waals surface area contributed by atoms with E-state index in [1.807, 2.05) is 6.92 Å². The summed E-state index contributed by atoms with van der Waals surface area (Å²) in [5, 5.41) is 6.96. The maximum absolute atomic E-state index is 12.2. The SMILES string of the molecule is CCC(COC)NC(=O)c1sc(NC2CCC2)nc1N. The highest BCUT2D eigenvalue weighted by molar-refractivity contribution is 7.18. The molecule has 7 heteroatoms. The second-order valence-corrected chi connectivity index (χ2v) is 6.04. The van der Waals surface area contributed by atoms with Crippen LogP contribution in [0.25, 0.3) is 0 Å². The molecule has 1 heterocycles. The Morgan fingerprint density at radius 2 is 2.35 bits per heavy atom. The number of thiazole rings is 1. The quantitative estimate of drug-likeness (QED) is 0.715. The molecule has 0 saturated heterocycles. The lowest BCUT2D eigenvalue weighted by Crippen LogP contribution is -2.37. The topological polar surface area (TPSA) is 89.3 Å². The number of ether oxygens (including phenoxy) is 1. The van der Waals surface area contributed by atoms with Gasteiger partial charge in [0.2, 0.25) is 0 Å². The van der Waals surface area contributed by atoms with Gasteiger partial charge in [0.15, 0.2) is 5.13 Å². The molecule has 0 aliphatic heterocycles. The molecular formula is C13H22N4O2S. The molecule has 1 atom stereocenters. The number of rotatable bonds is 7. The zero-order valence-electron chi connectivity index (χ0n) is 11.9. The number of nitrogen functional groups attached to an aromatic ring is 1. The van der Waals surface area contributed by atoms with Crippen molar-refractivity contribution in [3.8, 4) is 0 Å². The van der Waals surface area contributed by atoms with Gasteiger partial charge in [-0.05, 0) is 25.7 Å². The Labute approximate surface area is 123 Å². The van der Waals surface area contributed by atoms with E-state index in [1.165, 1.54) is 17.8 Å². The number of aromatic nitrogens is 1. The maximum Gasteiger partial charge on any atom is 0.265 e. The first-order valence-electron chi connectivity index (χ1n) is 6.96. The van der Waals surface area contributed by atoms with E-state index in [0.717, 1.165) is 24.4 Å². The molecule has 1 fully saturated rings. The highest BCUT2D eigenvalue weighted by Gasteiger charge is 2.22. The van der Waals surface area contributed by atoms with Gasteiger partial charge in [-0.25, -0.2) is 4.98 Å². The lowest BCUT2D eigenvalue weighted by Gasteiger charge is -2.25. The predicted molar refractivity (Wildman–Crippen MR) is 81.2 cm³/mol. The Balaban J connectivity index is 1.97. The fourth-order valence-electron chi connectivity index (χ4n) is 2.00. The van der Waals surface area contributed by atoms with Crippen molar-refractivity contribution in [1.82, 2.24) is 10.3 Å². The molecule has 20 heavy (non-hydrogen) atoms. The summed E-state index contributed by atoms with van der Waals surface area (Å²) >= 11 is 1.32. The summed E-state index contributed by atoms with van der Waals surface area (Å²) in [5.41, 5.74) is 5.84. The first-order valence-corrected chi connectivity index (χ1v) is 7.78. The fraction of sp³-hybridized carbons (Fsp3) is 0.692. The number of nitrogens with zero attached hydrogens (tertiary/aromatic N) is 1. The van der Waals surface area contributed by atoms with Crippen molar-refractivity contribution >= 4 is 28.2 Å². The third kappa shape index (κ3) is 3.61. The molecule has 1 amide bonds. The molecule has 1 aliphatic rings. The number of hydrogen-bond acceptors (Lipinski definition) is 6. The molecule has 1 saturated carbocycles. The van der Waals surface area contributed by atoms with Gasteiger partial charge in [-0.2, -0.15) is 0 Å². The lowest BCUT2D eigenvalue weighted by atomic mass is 9.93. The van der Waals surface area contributed by atoms with E-state index < -0.39 is 0 Å². The minimum absolute atomic E-state index is 0.00274. The van der Waals surface area contributed by atoms with Gasteiger partial charge in [0.05, 0.1) is 12.6 Å². The van der Waals surface area contributed by atoms with Gasteiger partial charge in [-0.15, -0.1) is 0 Å². The van der Waals surface area contributed by atoms with Crippen molar-refractivity contribution in [3.63, 3.8) is 0 Å². The number of amides is 1. The largest absolute Gasteiger partial charge is 0.383 e. The van der Waals surface area contributed by atoms with Crippen LogP contribution in [-0.2, 0) is 4.74 Å². The second-order valence-electron chi connectivity index (χ2n) is 5.04. The summed E-state index contributed by atoms with van der Waals surface area (Å²) < 4.78 is 5.07. The van der Waals surface area contributed by atoms with Crippen molar-refractivity contribution in [2.75, 3.05) is 24.8 Å². The molecule has 1 unspecified atom stereocenters. The van der Waals surface area contributed by atoms with E-state index >= 15 is 0 Å². The van der Waals surface area contributed by atoms with Crippen LogP contribution in [0.3, 0.4) is 0 Å². The Kier molecular flexibility index (Phi) is 5.19. The zero-order chi connectivity index (χ0) is 14.5. The minimum Gasteiger partial charge on any atom is -0.383 e. The van der Waals surface area contributed by atoms with E-state index in [1.54, 1.807) is 7.11 Å². The normalized spacial score (nSPS) is 16.5. The minimum atomic E-state index is -0.175. The number of anilines is 2. The van der Waals surface area contributed by atoms with E-state index in [4.69, 9.17) is 10.5 Å². The summed E-state index contributed by atoms with van der Waals surface area (Å²) in [5.74, 6) is 0.118. The van der Waals surface area contributed by atoms with Crippen molar-refractivity contribution < 1.29 is 9.53 Å². The smallest absolute Gasteiger partial charge is 0.265 e. The molecule has 1 aromatic rings. The van der Waals surface area contributed by atoms with E-state index in [9.17, 15) is 4.79 Å². The number of nitrogens with one attached hydrogen (secondary N) is 2. The summed E-state index contributed by atoms with van der Waals surface area (Å²) in [7, 11) is 1.62. The van der Waals surface area contributed by atoms with E-state index in [2.05, 4.69) is 15.6 Å². The predicted octanol–water partition coefficient (Wildman–Crippen LogP) is 1.84. The van der Waals surface area contributed by atoms with Gasteiger partial charge in [0.1, 0.15) is 10.7 Å². The average molecular weight is 298 g/mol. The number of methoxy groups -OCH3 is 1. The van der Waals surface area contributed by atoms with Crippen LogP contribution in [0.15, 0.2) is 0 Å². The van der Waals surface area contributed by atoms with Crippen molar-refractivity contribution in [2.24, 2.45) is 0 Å². The lowest BCUT2D eigenvalue weighted by molar-refractivity contribution is 0.0899. The molecule has 112 valence electrons. The first kappa shape index (κ1) is 15.1. The molecule has 2 rings (SSSR count). The Morgan fingerprint density at radius 3 is 2.90 bits per heavy atom. The molecule has 0 bridgehead atoms. The van der Waals surface area contributed by atoms with Crippen molar-refractivity contribution in [1.29, 1.82) is 0 Å². The van der Waals surface area contributed by atoms with Crippen LogP contribution < -0.4 is 16.4 Å². The van der Waals surface area contributed by atoms with Crippen LogP contribution >= 0.6 is 11.3 Å². The van der Waals surface area contributed by atoms with Crippen LogP contribution in [0.1, 0.15) is 42.3 Å². The van der Waals surface area contributed by atoms with Gasteiger partial charge in [-0.1, -0.05) is 18.3 Å². The second kappa shape index (κ2) is 6.90. The molecular weight excluding hydrogens is 276 g/mol. The molecule has 6 nitrogen and oxygen atoms in total.